The Balaban J connectivity index is 1.54. The number of nitrogens with zero attached hydrogens (tertiary/aromatic N) is 2. The molecule has 4 aromatic rings. The molecule has 2 aromatic heterocycles. The molecule has 0 aliphatic rings. The molecule has 1 N–H and O–H groups in total. The van der Waals surface area contributed by atoms with Gasteiger partial charge in [0.1, 0.15) is 10.0 Å². The normalized spacial score (nSPS) is 11.5. The minimum Gasteiger partial charge on any atom is -0.313 e. The lowest BCUT2D eigenvalue weighted by Gasteiger charge is -2.19. The van der Waals surface area contributed by atoms with Crippen LogP contribution in [0.1, 0.15) is 10.4 Å². The summed E-state index contributed by atoms with van der Waals surface area (Å²) in [6.45, 7) is 7.56. The molecule has 0 bridgehead atoms. The summed E-state index contributed by atoms with van der Waals surface area (Å²) in [6.07, 6.45) is 3.04. The first-order valence-corrected chi connectivity index (χ1v) is 13.1. The number of anilines is 1. The Labute approximate surface area is 200 Å². The molecule has 9 heteroatoms. The van der Waals surface area contributed by atoms with Crippen LogP contribution >= 0.6 is 22.7 Å². The minimum absolute atomic E-state index is 0.106. The van der Waals surface area contributed by atoms with Crippen molar-refractivity contribution in [2.45, 2.75) is 4.90 Å². The molecule has 0 atom stereocenters. The van der Waals surface area contributed by atoms with Crippen LogP contribution in [0.5, 0.6) is 0 Å². The first-order chi connectivity index (χ1) is 15.9. The SMILES string of the molecule is C=CCN(CC=C)S(=O)(=O)c1ccc(C(=O)Nc2sccc2-c2nc3ccccc3s2)cc1. The van der Waals surface area contributed by atoms with Crippen molar-refractivity contribution in [2.75, 3.05) is 18.4 Å². The van der Waals surface area contributed by atoms with E-state index in [0.717, 1.165) is 20.8 Å². The summed E-state index contributed by atoms with van der Waals surface area (Å²) >= 11 is 2.98. The summed E-state index contributed by atoms with van der Waals surface area (Å²) < 4.78 is 28.0. The molecule has 0 fully saturated rings. The molecule has 0 aliphatic heterocycles. The zero-order valence-electron chi connectivity index (χ0n) is 17.6. The smallest absolute Gasteiger partial charge is 0.256 e. The van der Waals surface area contributed by atoms with E-state index < -0.39 is 10.0 Å². The van der Waals surface area contributed by atoms with E-state index in [4.69, 9.17) is 0 Å². The maximum absolute atomic E-state index is 12.9. The highest BCUT2D eigenvalue weighted by Crippen LogP contribution is 2.37. The Morgan fingerprint density at radius 2 is 1.73 bits per heavy atom. The van der Waals surface area contributed by atoms with Crippen LogP contribution in [0.25, 0.3) is 20.8 Å². The number of rotatable bonds is 9. The second kappa shape index (κ2) is 9.80. The van der Waals surface area contributed by atoms with Gasteiger partial charge in [-0.25, -0.2) is 13.4 Å². The van der Waals surface area contributed by atoms with Crippen LogP contribution in [0.2, 0.25) is 0 Å². The average Bonchev–Trinajstić information content (AvgIpc) is 3.45. The molecule has 0 unspecified atom stereocenters. The first kappa shape index (κ1) is 23.1. The number of thiophene rings is 1. The van der Waals surface area contributed by atoms with Crippen molar-refractivity contribution < 1.29 is 13.2 Å². The van der Waals surface area contributed by atoms with Gasteiger partial charge in [0.2, 0.25) is 10.0 Å². The Kier molecular flexibility index (Phi) is 6.85. The number of carbonyl (C=O) groups excluding carboxylic acids is 1. The molecule has 6 nitrogen and oxygen atoms in total. The standard InChI is InChI=1S/C24H21N3O3S3/c1-3-14-27(15-4-2)33(29,30)18-11-9-17(10-12-18)22(28)26-23-19(13-16-31-23)24-25-20-7-5-6-8-21(20)32-24/h3-13,16H,1-2,14-15H2,(H,26,28). The molecule has 2 aromatic carbocycles. The fourth-order valence-corrected chi connectivity index (χ4v) is 6.45. The predicted molar refractivity (Wildman–Crippen MR) is 136 cm³/mol. The Morgan fingerprint density at radius 3 is 2.39 bits per heavy atom. The fourth-order valence-electron chi connectivity index (χ4n) is 3.22. The van der Waals surface area contributed by atoms with Gasteiger partial charge >= 0.3 is 0 Å². The van der Waals surface area contributed by atoms with Gasteiger partial charge in [-0.2, -0.15) is 4.31 Å². The van der Waals surface area contributed by atoms with Crippen molar-refractivity contribution in [3.8, 4) is 10.6 Å². The van der Waals surface area contributed by atoms with E-state index >= 15 is 0 Å². The minimum atomic E-state index is -3.72. The zero-order valence-corrected chi connectivity index (χ0v) is 20.1. The van der Waals surface area contributed by atoms with Gasteiger partial charge in [-0.3, -0.25) is 4.79 Å². The molecular formula is C24H21N3O3S3. The van der Waals surface area contributed by atoms with Crippen LogP contribution in [-0.2, 0) is 10.0 Å². The second-order valence-electron chi connectivity index (χ2n) is 7.03. The third-order valence-electron chi connectivity index (χ3n) is 4.84. The largest absolute Gasteiger partial charge is 0.313 e. The number of amides is 1. The molecule has 168 valence electrons. The molecule has 33 heavy (non-hydrogen) atoms. The van der Waals surface area contributed by atoms with Gasteiger partial charge in [0.25, 0.3) is 5.91 Å². The summed E-state index contributed by atoms with van der Waals surface area (Å²) in [7, 11) is -3.72. The lowest BCUT2D eigenvalue weighted by atomic mass is 10.2. The van der Waals surface area contributed by atoms with Gasteiger partial charge in [0.15, 0.2) is 0 Å². The number of hydrogen-bond donors (Lipinski definition) is 1. The average molecular weight is 496 g/mol. The van der Waals surface area contributed by atoms with Gasteiger partial charge in [0, 0.05) is 24.2 Å². The van der Waals surface area contributed by atoms with Gasteiger partial charge in [-0.05, 0) is 47.8 Å². The summed E-state index contributed by atoms with van der Waals surface area (Å²) in [5, 5.41) is 6.36. The highest BCUT2D eigenvalue weighted by atomic mass is 32.2. The number of thiazole rings is 1. The molecular weight excluding hydrogens is 474 g/mol. The van der Waals surface area contributed by atoms with Gasteiger partial charge in [-0.1, -0.05) is 24.3 Å². The number of para-hydroxylation sites is 1. The van der Waals surface area contributed by atoms with E-state index in [9.17, 15) is 13.2 Å². The van der Waals surface area contributed by atoms with Crippen molar-refractivity contribution in [2.24, 2.45) is 0 Å². The lowest BCUT2D eigenvalue weighted by Crippen LogP contribution is -2.31. The van der Waals surface area contributed by atoms with Crippen molar-refractivity contribution in [1.82, 2.24) is 9.29 Å². The Morgan fingerprint density at radius 1 is 1.03 bits per heavy atom. The number of aromatic nitrogens is 1. The van der Waals surface area contributed by atoms with E-state index in [1.807, 2.05) is 35.7 Å². The number of sulfonamides is 1. The number of nitrogens with one attached hydrogen (secondary N) is 1. The van der Waals surface area contributed by atoms with Gasteiger partial charge in [-0.15, -0.1) is 35.8 Å². The number of benzene rings is 2. The van der Waals surface area contributed by atoms with Crippen molar-refractivity contribution in [3.63, 3.8) is 0 Å². The second-order valence-corrected chi connectivity index (χ2v) is 10.9. The van der Waals surface area contributed by atoms with Crippen molar-refractivity contribution in [3.05, 3.63) is 90.9 Å². The molecule has 1 amide bonds. The molecule has 0 radical (unpaired) electrons. The van der Waals surface area contributed by atoms with E-state index in [1.165, 1.54) is 52.1 Å². The first-order valence-electron chi connectivity index (χ1n) is 10.0. The van der Waals surface area contributed by atoms with E-state index in [0.29, 0.717) is 10.6 Å². The van der Waals surface area contributed by atoms with Crippen molar-refractivity contribution >= 4 is 53.8 Å². The number of fused-ring (bicyclic) bond motifs is 1. The molecule has 0 aliphatic carbocycles. The predicted octanol–water partition coefficient (Wildman–Crippen LogP) is 5.64. The summed E-state index contributed by atoms with van der Waals surface area (Å²) in [4.78, 5) is 17.6. The molecule has 0 saturated carbocycles. The molecule has 0 spiro atoms. The van der Waals surface area contributed by atoms with Gasteiger partial charge in [0.05, 0.1) is 15.1 Å². The van der Waals surface area contributed by atoms with Crippen LogP contribution in [0.4, 0.5) is 5.00 Å². The molecule has 4 rings (SSSR count). The van der Waals surface area contributed by atoms with Crippen LogP contribution < -0.4 is 5.32 Å². The topological polar surface area (TPSA) is 79.4 Å². The van der Waals surface area contributed by atoms with Crippen molar-refractivity contribution in [1.29, 1.82) is 0 Å². The third-order valence-corrected chi connectivity index (χ3v) is 8.58. The fraction of sp³-hybridized carbons (Fsp3) is 0.0833. The third kappa shape index (κ3) is 4.81. The molecule has 0 saturated heterocycles. The Hall–Kier alpha value is -3.11. The highest BCUT2D eigenvalue weighted by molar-refractivity contribution is 7.89. The van der Waals surface area contributed by atoms with E-state index in [-0.39, 0.29) is 23.9 Å². The highest BCUT2D eigenvalue weighted by Gasteiger charge is 2.23. The van der Waals surface area contributed by atoms with Crippen LogP contribution in [0.3, 0.4) is 0 Å². The summed E-state index contributed by atoms with van der Waals surface area (Å²) in [6, 6.07) is 15.7. The summed E-state index contributed by atoms with van der Waals surface area (Å²) in [5.41, 5.74) is 2.13. The monoisotopic (exact) mass is 495 g/mol. The maximum atomic E-state index is 12.9. The quantitative estimate of drug-likeness (QED) is 0.305. The number of hydrogen-bond acceptors (Lipinski definition) is 6. The van der Waals surface area contributed by atoms with E-state index in [2.05, 4.69) is 23.5 Å². The summed E-state index contributed by atoms with van der Waals surface area (Å²) in [5.74, 6) is -0.321. The Bertz CT molecular complexity index is 1380. The zero-order chi connectivity index (χ0) is 23.4. The van der Waals surface area contributed by atoms with Crippen LogP contribution in [-0.4, -0.2) is 36.7 Å². The molecule has 2 heterocycles. The van der Waals surface area contributed by atoms with Gasteiger partial charge < -0.3 is 5.32 Å². The van der Waals surface area contributed by atoms with E-state index in [1.54, 1.807) is 11.3 Å². The number of carbonyl (C=O) groups is 1. The lowest BCUT2D eigenvalue weighted by molar-refractivity contribution is 0.102. The van der Waals surface area contributed by atoms with Crippen LogP contribution in [0, 0.1) is 0 Å². The van der Waals surface area contributed by atoms with Crippen LogP contribution in [0.15, 0.2) is 90.2 Å². The maximum Gasteiger partial charge on any atom is 0.256 e.